The number of carbonyl (C=O) groups is 1. The van der Waals surface area contributed by atoms with Gasteiger partial charge in [0.2, 0.25) is 0 Å². The molecule has 1 fully saturated rings. The number of carbonyl (C=O) groups excluding carboxylic acids is 1. The van der Waals surface area contributed by atoms with Crippen LogP contribution in [0.2, 0.25) is 5.02 Å². The summed E-state index contributed by atoms with van der Waals surface area (Å²) in [4.78, 5) is 15.1. The Labute approximate surface area is 148 Å². The van der Waals surface area contributed by atoms with Gasteiger partial charge in [-0.2, -0.15) is 5.10 Å². The SMILES string of the molecule is CCn1ncc(CN2CCC[C@H](C(=O)c3ccc(Cl)cc3)C2)c1C. The molecule has 5 heteroatoms. The van der Waals surface area contributed by atoms with Gasteiger partial charge in [0.25, 0.3) is 0 Å². The van der Waals surface area contributed by atoms with Gasteiger partial charge in [0, 0.05) is 47.4 Å². The molecule has 0 spiro atoms. The normalized spacial score (nSPS) is 18.7. The molecule has 0 bridgehead atoms. The number of hydrogen-bond acceptors (Lipinski definition) is 3. The van der Waals surface area contributed by atoms with E-state index in [2.05, 4.69) is 23.8 Å². The van der Waals surface area contributed by atoms with Crippen LogP contribution in [0.15, 0.2) is 30.5 Å². The van der Waals surface area contributed by atoms with Gasteiger partial charge < -0.3 is 0 Å². The van der Waals surface area contributed by atoms with Gasteiger partial charge in [-0.1, -0.05) is 11.6 Å². The number of benzene rings is 1. The maximum atomic E-state index is 12.7. The van der Waals surface area contributed by atoms with E-state index in [-0.39, 0.29) is 11.7 Å². The molecule has 24 heavy (non-hydrogen) atoms. The fourth-order valence-electron chi connectivity index (χ4n) is 3.46. The first-order valence-electron chi connectivity index (χ1n) is 8.62. The van der Waals surface area contributed by atoms with Crippen LogP contribution in [0.5, 0.6) is 0 Å². The van der Waals surface area contributed by atoms with Crippen molar-refractivity contribution < 1.29 is 4.79 Å². The lowest BCUT2D eigenvalue weighted by Crippen LogP contribution is -2.38. The molecule has 0 saturated carbocycles. The molecule has 1 aromatic carbocycles. The highest BCUT2D eigenvalue weighted by atomic mass is 35.5. The third-order valence-electron chi connectivity index (χ3n) is 4.90. The first kappa shape index (κ1) is 17.2. The van der Waals surface area contributed by atoms with E-state index in [1.54, 1.807) is 12.1 Å². The number of hydrogen-bond donors (Lipinski definition) is 0. The molecule has 1 aromatic heterocycles. The topological polar surface area (TPSA) is 38.1 Å². The van der Waals surface area contributed by atoms with Gasteiger partial charge >= 0.3 is 0 Å². The minimum Gasteiger partial charge on any atom is -0.298 e. The molecular formula is C19H24ClN3O. The molecule has 1 aliphatic heterocycles. The lowest BCUT2D eigenvalue weighted by atomic mass is 9.90. The Morgan fingerprint density at radius 1 is 1.33 bits per heavy atom. The maximum Gasteiger partial charge on any atom is 0.167 e. The van der Waals surface area contributed by atoms with E-state index in [1.807, 2.05) is 23.0 Å². The molecule has 1 atom stereocenters. The second kappa shape index (κ2) is 7.49. The largest absolute Gasteiger partial charge is 0.298 e. The number of aryl methyl sites for hydroxylation is 1. The predicted octanol–water partition coefficient (Wildman–Crippen LogP) is 3.96. The molecule has 0 unspecified atom stereocenters. The van der Waals surface area contributed by atoms with Crippen LogP contribution in [0.3, 0.4) is 0 Å². The summed E-state index contributed by atoms with van der Waals surface area (Å²) in [6, 6.07) is 7.24. The highest BCUT2D eigenvalue weighted by Crippen LogP contribution is 2.23. The van der Waals surface area contributed by atoms with Crippen LogP contribution in [-0.4, -0.2) is 33.6 Å². The van der Waals surface area contributed by atoms with Crippen molar-refractivity contribution in [1.29, 1.82) is 0 Å². The van der Waals surface area contributed by atoms with Crippen molar-refractivity contribution in [2.75, 3.05) is 13.1 Å². The number of likely N-dealkylation sites (tertiary alicyclic amines) is 1. The van der Waals surface area contributed by atoms with E-state index in [4.69, 9.17) is 11.6 Å². The summed E-state index contributed by atoms with van der Waals surface area (Å²) in [5.41, 5.74) is 3.25. The minimum atomic E-state index is 0.0708. The third-order valence-corrected chi connectivity index (χ3v) is 5.16. The van der Waals surface area contributed by atoms with Crippen LogP contribution >= 0.6 is 11.6 Å². The fraction of sp³-hybridized carbons (Fsp3) is 0.474. The van der Waals surface area contributed by atoms with Crippen molar-refractivity contribution in [3.8, 4) is 0 Å². The zero-order valence-electron chi connectivity index (χ0n) is 14.3. The fourth-order valence-corrected chi connectivity index (χ4v) is 3.59. The van der Waals surface area contributed by atoms with Gasteiger partial charge in [-0.05, 0) is 57.5 Å². The zero-order valence-corrected chi connectivity index (χ0v) is 15.1. The van der Waals surface area contributed by atoms with Crippen molar-refractivity contribution in [1.82, 2.24) is 14.7 Å². The highest BCUT2D eigenvalue weighted by Gasteiger charge is 2.27. The number of aromatic nitrogens is 2. The van der Waals surface area contributed by atoms with E-state index in [0.717, 1.165) is 44.6 Å². The van der Waals surface area contributed by atoms with Crippen molar-refractivity contribution in [3.05, 3.63) is 52.3 Å². The molecule has 1 saturated heterocycles. The third kappa shape index (κ3) is 3.70. The molecule has 1 aliphatic rings. The van der Waals surface area contributed by atoms with Crippen LogP contribution in [0.1, 0.15) is 41.4 Å². The monoisotopic (exact) mass is 345 g/mol. The smallest absolute Gasteiger partial charge is 0.167 e. The summed E-state index contributed by atoms with van der Waals surface area (Å²) >= 11 is 5.92. The predicted molar refractivity (Wildman–Crippen MR) is 96.4 cm³/mol. The highest BCUT2D eigenvalue weighted by molar-refractivity contribution is 6.30. The zero-order chi connectivity index (χ0) is 17.1. The molecule has 2 heterocycles. The molecule has 0 radical (unpaired) electrons. The Bertz CT molecular complexity index is 708. The average molecular weight is 346 g/mol. The number of Topliss-reactive ketones (excluding diaryl/α,β-unsaturated/α-hetero) is 1. The maximum absolute atomic E-state index is 12.7. The first-order valence-corrected chi connectivity index (χ1v) is 8.99. The summed E-state index contributed by atoms with van der Waals surface area (Å²) in [6.45, 7) is 7.84. The molecule has 0 aliphatic carbocycles. The van der Waals surface area contributed by atoms with Crippen LogP contribution in [0, 0.1) is 12.8 Å². The van der Waals surface area contributed by atoms with Crippen molar-refractivity contribution in [2.24, 2.45) is 5.92 Å². The average Bonchev–Trinajstić information content (AvgIpc) is 2.95. The van der Waals surface area contributed by atoms with Crippen LogP contribution in [0.25, 0.3) is 0 Å². The Morgan fingerprint density at radius 3 is 2.75 bits per heavy atom. The van der Waals surface area contributed by atoms with E-state index >= 15 is 0 Å². The summed E-state index contributed by atoms with van der Waals surface area (Å²) in [7, 11) is 0. The van der Waals surface area contributed by atoms with Gasteiger partial charge in [-0.3, -0.25) is 14.4 Å². The lowest BCUT2D eigenvalue weighted by molar-refractivity contribution is 0.0811. The van der Waals surface area contributed by atoms with E-state index in [1.165, 1.54) is 11.3 Å². The van der Waals surface area contributed by atoms with E-state index in [0.29, 0.717) is 5.02 Å². The van der Waals surface area contributed by atoms with E-state index in [9.17, 15) is 4.79 Å². The summed E-state index contributed by atoms with van der Waals surface area (Å²) < 4.78 is 2.02. The molecule has 0 amide bonds. The molecule has 4 nitrogen and oxygen atoms in total. The van der Waals surface area contributed by atoms with Gasteiger partial charge in [0.05, 0.1) is 6.20 Å². The van der Waals surface area contributed by atoms with Crippen LogP contribution in [0.4, 0.5) is 0 Å². The second-order valence-corrected chi connectivity index (χ2v) is 6.95. The van der Waals surface area contributed by atoms with Gasteiger partial charge in [-0.25, -0.2) is 0 Å². The Balaban J connectivity index is 1.66. The number of piperidine rings is 1. The Hall–Kier alpha value is -1.65. The summed E-state index contributed by atoms with van der Waals surface area (Å²) in [5, 5.41) is 5.09. The van der Waals surface area contributed by atoms with Crippen molar-refractivity contribution >= 4 is 17.4 Å². The molecule has 128 valence electrons. The van der Waals surface area contributed by atoms with Gasteiger partial charge in [0.1, 0.15) is 0 Å². The number of halogens is 1. The molecule has 3 rings (SSSR count). The quantitative estimate of drug-likeness (QED) is 0.770. The van der Waals surface area contributed by atoms with Crippen molar-refractivity contribution in [2.45, 2.75) is 39.8 Å². The number of ketones is 1. The first-order chi connectivity index (χ1) is 11.6. The van der Waals surface area contributed by atoms with Crippen LogP contribution in [-0.2, 0) is 13.1 Å². The van der Waals surface area contributed by atoms with Crippen LogP contribution < -0.4 is 0 Å². The Kier molecular flexibility index (Phi) is 5.36. The Morgan fingerprint density at radius 2 is 2.08 bits per heavy atom. The standard InChI is InChI=1S/C19H24ClN3O/c1-3-23-14(2)17(11-21-23)13-22-10-4-5-16(12-22)19(24)15-6-8-18(20)9-7-15/h6-9,11,16H,3-5,10,12-13H2,1-2H3/t16-/m0/s1. The van der Waals surface area contributed by atoms with Gasteiger partial charge in [0.15, 0.2) is 5.78 Å². The van der Waals surface area contributed by atoms with Crippen molar-refractivity contribution in [3.63, 3.8) is 0 Å². The summed E-state index contributed by atoms with van der Waals surface area (Å²) in [5.74, 6) is 0.304. The minimum absolute atomic E-state index is 0.0708. The van der Waals surface area contributed by atoms with Gasteiger partial charge in [-0.15, -0.1) is 0 Å². The molecular weight excluding hydrogens is 322 g/mol. The van der Waals surface area contributed by atoms with E-state index < -0.39 is 0 Å². The number of rotatable bonds is 5. The summed E-state index contributed by atoms with van der Waals surface area (Å²) in [6.07, 6.45) is 3.99. The second-order valence-electron chi connectivity index (χ2n) is 6.52. The lowest BCUT2D eigenvalue weighted by Gasteiger charge is -2.32. The number of nitrogens with zero attached hydrogens (tertiary/aromatic N) is 3. The molecule has 0 N–H and O–H groups in total. The molecule has 2 aromatic rings.